The second-order valence-corrected chi connectivity index (χ2v) is 2.66. The molecule has 1 aromatic rings. The molecule has 0 atom stereocenters. The Morgan fingerprint density at radius 3 is 2.64 bits per heavy atom. The number of rotatable bonds is 1. The summed E-state index contributed by atoms with van der Waals surface area (Å²) in [7, 11) is 0. The Kier molecular flexibility index (Phi) is 2.14. The van der Waals surface area contributed by atoms with Crippen LogP contribution in [0.25, 0.3) is 0 Å². The van der Waals surface area contributed by atoms with Crippen molar-refractivity contribution in [3.05, 3.63) is 33.9 Å². The van der Waals surface area contributed by atoms with E-state index in [1.807, 2.05) is 0 Å². The Balaban J connectivity index is 3.27. The van der Waals surface area contributed by atoms with E-state index in [-0.39, 0.29) is 5.69 Å². The Morgan fingerprint density at radius 1 is 1.55 bits per heavy atom. The molecule has 1 aromatic carbocycles. The predicted octanol–water partition coefficient (Wildman–Crippen LogP) is 2.19. The SMILES string of the molecule is Cc1c(S)cccc1[N+](=O)[O-]. The van der Waals surface area contributed by atoms with Crippen molar-refractivity contribution in [3.63, 3.8) is 0 Å². The van der Waals surface area contributed by atoms with Crippen LogP contribution in [0.2, 0.25) is 0 Å². The van der Waals surface area contributed by atoms with Gasteiger partial charge in [-0.05, 0) is 13.0 Å². The molecule has 0 aliphatic heterocycles. The van der Waals surface area contributed by atoms with Crippen molar-refractivity contribution in [2.75, 3.05) is 0 Å². The second kappa shape index (κ2) is 2.92. The molecule has 0 amide bonds. The fourth-order valence-electron chi connectivity index (χ4n) is 0.809. The molecule has 58 valence electrons. The standard InChI is InChI=1S/C7H7NO2S/c1-5-6(8(9)10)3-2-4-7(5)11/h2-4,11H,1H3. The molecule has 0 aromatic heterocycles. The van der Waals surface area contributed by atoms with E-state index in [1.54, 1.807) is 19.1 Å². The lowest BCUT2D eigenvalue weighted by molar-refractivity contribution is -0.385. The first kappa shape index (κ1) is 8.07. The molecule has 0 spiro atoms. The van der Waals surface area contributed by atoms with Gasteiger partial charge in [0.25, 0.3) is 5.69 Å². The van der Waals surface area contributed by atoms with Crippen LogP contribution in [0.15, 0.2) is 23.1 Å². The molecule has 0 saturated carbocycles. The van der Waals surface area contributed by atoms with E-state index >= 15 is 0 Å². The van der Waals surface area contributed by atoms with Crippen molar-refractivity contribution < 1.29 is 4.92 Å². The van der Waals surface area contributed by atoms with Crippen molar-refractivity contribution in [2.45, 2.75) is 11.8 Å². The monoisotopic (exact) mass is 169 g/mol. The topological polar surface area (TPSA) is 43.1 Å². The van der Waals surface area contributed by atoms with Crippen LogP contribution in [0.4, 0.5) is 5.69 Å². The number of thiol groups is 1. The first-order chi connectivity index (χ1) is 5.13. The van der Waals surface area contributed by atoms with Crippen LogP contribution in [-0.2, 0) is 0 Å². The lowest BCUT2D eigenvalue weighted by Gasteiger charge is -1.97. The van der Waals surface area contributed by atoms with Crippen LogP contribution in [0.5, 0.6) is 0 Å². The van der Waals surface area contributed by atoms with Gasteiger partial charge < -0.3 is 0 Å². The molecule has 11 heavy (non-hydrogen) atoms. The summed E-state index contributed by atoms with van der Waals surface area (Å²) < 4.78 is 0. The number of hydrogen-bond donors (Lipinski definition) is 1. The number of hydrogen-bond acceptors (Lipinski definition) is 3. The molecule has 0 unspecified atom stereocenters. The maximum Gasteiger partial charge on any atom is 0.273 e. The molecular weight excluding hydrogens is 162 g/mol. The summed E-state index contributed by atoms with van der Waals surface area (Å²) in [5.41, 5.74) is 0.735. The minimum Gasteiger partial charge on any atom is -0.258 e. The van der Waals surface area contributed by atoms with Crippen molar-refractivity contribution in [1.29, 1.82) is 0 Å². The molecule has 0 saturated heterocycles. The number of nitro groups is 1. The van der Waals surface area contributed by atoms with Crippen molar-refractivity contribution >= 4 is 18.3 Å². The molecule has 0 N–H and O–H groups in total. The predicted molar refractivity (Wildman–Crippen MR) is 45.1 cm³/mol. The Labute approximate surface area is 69.6 Å². The van der Waals surface area contributed by atoms with Crippen molar-refractivity contribution in [2.24, 2.45) is 0 Å². The van der Waals surface area contributed by atoms with Gasteiger partial charge >= 0.3 is 0 Å². The van der Waals surface area contributed by atoms with Gasteiger partial charge in [0.2, 0.25) is 0 Å². The maximum atomic E-state index is 10.3. The van der Waals surface area contributed by atoms with Gasteiger partial charge in [-0.2, -0.15) is 0 Å². The highest BCUT2D eigenvalue weighted by atomic mass is 32.1. The van der Waals surface area contributed by atoms with Gasteiger partial charge in [0.15, 0.2) is 0 Å². The van der Waals surface area contributed by atoms with E-state index < -0.39 is 4.92 Å². The van der Waals surface area contributed by atoms with Gasteiger partial charge in [-0.3, -0.25) is 10.1 Å². The summed E-state index contributed by atoms with van der Waals surface area (Å²) in [4.78, 5) is 10.6. The van der Waals surface area contributed by atoms with E-state index in [1.165, 1.54) is 6.07 Å². The van der Waals surface area contributed by atoms with Gasteiger partial charge in [0.05, 0.1) is 4.92 Å². The number of nitrogens with zero attached hydrogens (tertiary/aromatic N) is 1. The fourth-order valence-corrected chi connectivity index (χ4v) is 1.01. The number of benzene rings is 1. The third-order valence-electron chi connectivity index (χ3n) is 1.47. The van der Waals surface area contributed by atoms with Crippen LogP contribution in [-0.4, -0.2) is 4.92 Å². The lowest BCUT2D eigenvalue weighted by atomic mass is 10.2. The zero-order valence-corrected chi connectivity index (χ0v) is 6.84. The van der Waals surface area contributed by atoms with E-state index in [0.29, 0.717) is 10.5 Å². The Bertz CT molecular complexity index is 298. The van der Waals surface area contributed by atoms with Crippen LogP contribution in [0.1, 0.15) is 5.56 Å². The number of nitro benzene ring substituents is 1. The lowest BCUT2D eigenvalue weighted by Crippen LogP contribution is -1.91. The molecule has 0 heterocycles. The molecule has 0 aliphatic carbocycles. The quantitative estimate of drug-likeness (QED) is 0.398. The van der Waals surface area contributed by atoms with E-state index in [4.69, 9.17) is 0 Å². The first-order valence-electron chi connectivity index (χ1n) is 3.06. The maximum absolute atomic E-state index is 10.3. The van der Waals surface area contributed by atoms with E-state index in [0.717, 1.165) is 0 Å². The molecular formula is C7H7NO2S. The van der Waals surface area contributed by atoms with Gasteiger partial charge in [0, 0.05) is 16.5 Å². The highest BCUT2D eigenvalue weighted by molar-refractivity contribution is 7.80. The summed E-state index contributed by atoms with van der Waals surface area (Å²) in [6.45, 7) is 1.68. The summed E-state index contributed by atoms with van der Waals surface area (Å²) in [6.07, 6.45) is 0. The summed E-state index contributed by atoms with van der Waals surface area (Å²) in [5.74, 6) is 0. The van der Waals surface area contributed by atoms with E-state index in [9.17, 15) is 10.1 Å². The molecule has 3 nitrogen and oxygen atoms in total. The van der Waals surface area contributed by atoms with Gasteiger partial charge in [-0.25, -0.2) is 0 Å². The third kappa shape index (κ3) is 1.51. The van der Waals surface area contributed by atoms with Gasteiger partial charge in [0.1, 0.15) is 0 Å². The smallest absolute Gasteiger partial charge is 0.258 e. The highest BCUT2D eigenvalue weighted by Crippen LogP contribution is 2.22. The van der Waals surface area contributed by atoms with Crippen LogP contribution in [0.3, 0.4) is 0 Å². The summed E-state index contributed by atoms with van der Waals surface area (Å²) in [5, 5.41) is 10.3. The molecule has 0 bridgehead atoms. The minimum absolute atomic E-state index is 0.123. The highest BCUT2D eigenvalue weighted by Gasteiger charge is 2.10. The van der Waals surface area contributed by atoms with Crippen molar-refractivity contribution in [1.82, 2.24) is 0 Å². The average molecular weight is 169 g/mol. The van der Waals surface area contributed by atoms with Gasteiger partial charge in [-0.1, -0.05) is 6.07 Å². The average Bonchev–Trinajstić information content (AvgIpc) is 1.94. The van der Waals surface area contributed by atoms with Crippen LogP contribution < -0.4 is 0 Å². The van der Waals surface area contributed by atoms with Crippen LogP contribution >= 0.6 is 12.6 Å². The Morgan fingerprint density at radius 2 is 2.18 bits per heavy atom. The third-order valence-corrected chi connectivity index (χ3v) is 1.96. The van der Waals surface area contributed by atoms with Gasteiger partial charge in [-0.15, -0.1) is 12.6 Å². The second-order valence-electron chi connectivity index (χ2n) is 2.18. The molecule has 4 heteroatoms. The molecule has 0 radical (unpaired) electrons. The van der Waals surface area contributed by atoms with Crippen molar-refractivity contribution in [3.8, 4) is 0 Å². The molecule has 0 aliphatic rings. The van der Waals surface area contributed by atoms with E-state index in [2.05, 4.69) is 12.6 Å². The largest absolute Gasteiger partial charge is 0.273 e. The normalized spacial score (nSPS) is 9.64. The summed E-state index contributed by atoms with van der Waals surface area (Å²) >= 11 is 4.06. The fraction of sp³-hybridized carbons (Fsp3) is 0.143. The summed E-state index contributed by atoms with van der Waals surface area (Å²) in [6, 6.07) is 4.81. The van der Waals surface area contributed by atoms with Crippen LogP contribution in [0, 0.1) is 17.0 Å². The molecule has 1 rings (SSSR count). The zero-order chi connectivity index (χ0) is 8.43. The minimum atomic E-state index is -0.408. The molecule has 0 fully saturated rings. The zero-order valence-electron chi connectivity index (χ0n) is 5.94. The first-order valence-corrected chi connectivity index (χ1v) is 3.50. The Hall–Kier alpha value is -1.03.